The fourth-order valence-corrected chi connectivity index (χ4v) is 5.41. The molecule has 0 saturated heterocycles. The van der Waals surface area contributed by atoms with E-state index in [4.69, 9.17) is 0 Å². The second kappa shape index (κ2) is 11.3. The molecule has 0 nitrogen and oxygen atoms in total. The zero-order chi connectivity index (χ0) is 25.4. The first-order valence-corrected chi connectivity index (χ1v) is 12.8. The van der Waals surface area contributed by atoms with Gasteiger partial charge >= 0.3 is 26.2 Å². The van der Waals surface area contributed by atoms with Gasteiger partial charge in [-0.05, 0) is 54.2 Å². The summed E-state index contributed by atoms with van der Waals surface area (Å²) in [7, 11) is 0. The summed E-state index contributed by atoms with van der Waals surface area (Å²) in [4.78, 5) is 0. The van der Waals surface area contributed by atoms with Gasteiger partial charge in [-0.25, -0.2) is 0 Å². The summed E-state index contributed by atoms with van der Waals surface area (Å²) in [5.74, 6) is 0. The Kier molecular flexibility index (Phi) is 10.4. The number of allylic oxidation sites excluding steroid dienone is 4. The third-order valence-corrected chi connectivity index (χ3v) is 7.57. The van der Waals surface area contributed by atoms with E-state index in [0.29, 0.717) is 0 Å². The van der Waals surface area contributed by atoms with Crippen LogP contribution >= 0.6 is 0 Å². The molecule has 197 valence electrons. The molecule has 0 bridgehead atoms. The Morgan fingerprint density at radius 2 is 1.38 bits per heavy atom. The molecule has 2 aliphatic carbocycles. The summed E-state index contributed by atoms with van der Waals surface area (Å²) >= 11 is 0. The number of fused-ring (bicyclic) bond motifs is 2. The first-order chi connectivity index (χ1) is 15.5. The Morgan fingerprint density at radius 1 is 0.784 bits per heavy atom. The van der Waals surface area contributed by atoms with Crippen LogP contribution in [0, 0.1) is 15.9 Å². The Balaban J connectivity index is 0.00000228. The van der Waals surface area contributed by atoms with Crippen molar-refractivity contribution in [1.82, 2.24) is 0 Å². The van der Waals surface area contributed by atoms with Crippen molar-refractivity contribution in [2.75, 3.05) is 0 Å². The number of hydrogen-bond acceptors (Lipinski definition) is 0. The van der Waals surface area contributed by atoms with Gasteiger partial charge in [-0.15, -0.1) is 33.4 Å². The van der Waals surface area contributed by atoms with E-state index < -0.39 is 0 Å². The van der Waals surface area contributed by atoms with Crippen LogP contribution in [-0.4, -0.2) is 0 Å². The van der Waals surface area contributed by atoms with E-state index >= 15 is 0 Å². The van der Waals surface area contributed by atoms with Crippen molar-refractivity contribution in [3.8, 4) is 0 Å². The molecule has 0 amide bonds. The van der Waals surface area contributed by atoms with Crippen molar-refractivity contribution < 1.29 is 51.0 Å². The van der Waals surface area contributed by atoms with E-state index in [1.54, 1.807) is 0 Å². The molecular weight excluding hydrogens is 571 g/mol. The van der Waals surface area contributed by atoms with Gasteiger partial charge < -0.3 is 24.8 Å². The summed E-state index contributed by atoms with van der Waals surface area (Å²) < 4.78 is 0. The first kappa shape index (κ1) is 34.2. The van der Waals surface area contributed by atoms with Crippen molar-refractivity contribution in [3.05, 3.63) is 84.6 Å². The number of hydrogen-bond donors (Lipinski definition) is 0. The standard InChI is InChI=1S/C34H43.2ClH.Zr/c1-20(2)30-29(34(10,11)12)19-27-26-17-23(32(4,5)6)14-13-22(26)16-28(27)31(30)25-18-24(15-21(25)3)33(7,8)9;;;/h13-15,17,19H,18H2,1-12H3;2*1H;/q-1;;;+3/p-2. The largest absolute Gasteiger partial charge is 3.00 e. The number of halogens is 2. The average molecular weight is 614 g/mol. The molecule has 37 heavy (non-hydrogen) atoms. The molecule has 0 saturated carbocycles. The minimum absolute atomic E-state index is 0. The Morgan fingerprint density at radius 3 is 1.84 bits per heavy atom. The zero-order valence-electron chi connectivity index (χ0n) is 24.8. The van der Waals surface area contributed by atoms with Crippen LogP contribution < -0.4 is 35.3 Å². The van der Waals surface area contributed by atoms with Crippen LogP contribution in [0.1, 0.15) is 112 Å². The number of rotatable bonds is 1. The predicted molar refractivity (Wildman–Crippen MR) is 149 cm³/mol. The second-order valence-corrected chi connectivity index (χ2v) is 13.7. The quantitative estimate of drug-likeness (QED) is 0.369. The van der Waals surface area contributed by atoms with Gasteiger partial charge in [0.25, 0.3) is 0 Å². The third kappa shape index (κ3) is 6.31. The van der Waals surface area contributed by atoms with Crippen LogP contribution in [0.15, 0.2) is 41.5 Å². The van der Waals surface area contributed by atoms with Crippen LogP contribution in [0.2, 0.25) is 0 Å². The molecule has 0 unspecified atom stereocenters. The molecule has 3 heteroatoms. The van der Waals surface area contributed by atoms with Crippen molar-refractivity contribution >= 4 is 17.2 Å². The maximum Gasteiger partial charge on any atom is 3.00 e. The molecule has 0 spiro atoms. The maximum absolute atomic E-state index is 3.88. The monoisotopic (exact) mass is 611 g/mol. The Labute approximate surface area is 257 Å². The van der Waals surface area contributed by atoms with Crippen LogP contribution in [0.3, 0.4) is 0 Å². The van der Waals surface area contributed by atoms with Gasteiger partial charge in [-0.2, -0.15) is 0 Å². The molecular formula is C34H43Cl2Zr. The SMILES string of the molecule is CC1=C(c2c3c(cc(C(C)(C)C)c2=C(C)C)=c2cc(C(C)(C)C)ccc2=[C-]3)CC(C(C)(C)C)=C1.[Cl-].[Cl-].[Zr+3]. The van der Waals surface area contributed by atoms with E-state index in [1.165, 1.54) is 65.4 Å². The maximum atomic E-state index is 3.88. The summed E-state index contributed by atoms with van der Waals surface area (Å²) in [5, 5.41) is 5.36. The predicted octanol–water partition coefficient (Wildman–Crippen LogP) is 1.93. The van der Waals surface area contributed by atoms with Crippen LogP contribution in [0.5, 0.6) is 0 Å². The van der Waals surface area contributed by atoms with Crippen LogP contribution in [0.25, 0.3) is 17.2 Å². The van der Waals surface area contributed by atoms with Gasteiger partial charge in [-0.1, -0.05) is 120 Å². The van der Waals surface area contributed by atoms with Crippen molar-refractivity contribution in [2.24, 2.45) is 5.41 Å². The molecule has 0 aromatic heterocycles. The molecule has 0 atom stereocenters. The zero-order valence-corrected chi connectivity index (χ0v) is 28.8. The molecule has 1 radical (unpaired) electrons. The molecule has 2 aromatic rings. The minimum Gasteiger partial charge on any atom is -1.00 e. The third-order valence-electron chi connectivity index (χ3n) is 7.57. The fraction of sp³-hybridized carbons (Fsp3) is 0.471. The fourth-order valence-electron chi connectivity index (χ4n) is 5.41. The summed E-state index contributed by atoms with van der Waals surface area (Å²) in [6.07, 6.45) is 7.35. The van der Waals surface area contributed by atoms with E-state index in [0.717, 1.165) is 6.42 Å². The first-order valence-electron chi connectivity index (χ1n) is 12.8. The summed E-state index contributed by atoms with van der Waals surface area (Å²) in [5.41, 5.74) is 11.7. The topological polar surface area (TPSA) is 0 Å². The van der Waals surface area contributed by atoms with Crippen molar-refractivity contribution in [3.63, 3.8) is 0 Å². The minimum atomic E-state index is 0. The van der Waals surface area contributed by atoms with Gasteiger partial charge in [0.2, 0.25) is 0 Å². The Hall–Kier alpha value is -0.877. The molecule has 0 heterocycles. The Bertz CT molecular complexity index is 1480. The van der Waals surface area contributed by atoms with Crippen LogP contribution in [0.4, 0.5) is 0 Å². The molecule has 0 N–H and O–H groups in total. The molecule has 2 aliphatic rings. The average Bonchev–Trinajstić information content (AvgIpc) is 3.24. The molecule has 0 fully saturated rings. The van der Waals surface area contributed by atoms with Gasteiger partial charge in [0.1, 0.15) is 0 Å². The van der Waals surface area contributed by atoms with Crippen molar-refractivity contribution in [1.29, 1.82) is 0 Å². The van der Waals surface area contributed by atoms with E-state index in [1.807, 2.05) is 0 Å². The molecule has 4 rings (SSSR count). The van der Waals surface area contributed by atoms with E-state index in [-0.39, 0.29) is 67.3 Å². The van der Waals surface area contributed by atoms with Gasteiger partial charge in [0, 0.05) is 0 Å². The van der Waals surface area contributed by atoms with Crippen LogP contribution in [-0.2, 0) is 37.0 Å². The summed E-state index contributed by atoms with van der Waals surface area (Å²) in [6, 6.07) is 9.48. The molecule has 2 aromatic carbocycles. The van der Waals surface area contributed by atoms with E-state index in [9.17, 15) is 0 Å². The van der Waals surface area contributed by atoms with Gasteiger partial charge in [0.15, 0.2) is 0 Å². The van der Waals surface area contributed by atoms with Gasteiger partial charge in [-0.3, -0.25) is 0 Å². The summed E-state index contributed by atoms with van der Waals surface area (Å²) in [6.45, 7) is 27.9. The van der Waals surface area contributed by atoms with Gasteiger partial charge in [0.05, 0.1) is 0 Å². The van der Waals surface area contributed by atoms with Crippen molar-refractivity contribution in [2.45, 2.75) is 100 Å². The second-order valence-electron chi connectivity index (χ2n) is 13.7. The number of benzene rings is 2. The van der Waals surface area contributed by atoms with E-state index in [2.05, 4.69) is 120 Å². The normalized spacial score (nSPS) is 14.5. The molecule has 0 aliphatic heterocycles. The smallest absolute Gasteiger partial charge is 1.00 e.